The number of aliphatic hydroxyl groups excluding tert-OH is 2. The minimum atomic E-state index is -4.58. The molecule has 4 rings (SSSR count). The van der Waals surface area contributed by atoms with Crippen molar-refractivity contribution < 1.29 is 32.9 Å². The molecule has 0 radical (unpaired) electrons. The molecule has 1 aliphatic carbocycles. The molecule has 3 aromatic rings. The first-order valence-corrected chi connectivity index (χ1v) is 10.8. The highest BCUT2D eigenvalue weighted by atomic mass is 19.4. The Morgan fingerprint density at radius 3 is 2.15 bits per heavy atom. The number of hydrogen-bond acceptors (Lipinski definition) is 4. The summed E-state index contributed by atoms with van der Waals surface area (Å²) in [5, 5.41) is 23.0. The number of rotatable bonds is 6. The minimum Gasteiger partial charge on any atom is -0.449 e. The number of benzene rings is 3. The molecule has 0 aliphatic heterocycles. The van der Waals surface area contributed by atoms with E-state index in [1.165, 1.54) is 19.1 Å². The quantitative estimate of drug-likeness (QED) is 0.476. The van der Waals surface area contributed by atoms with Crippen LogP contribution in [0.2, 0.25) is 0 Å². The first-order valence-electron chi connectivity index (χ1n) is 10.8. The van der Waals surface area contributed by atoms with Gasteiger partial charge in [0.2, 0.25) is 0 Å². The third-order valence-corrected chi connectivity index (χ3v) is 6.16. The van der Waals surface area contributed by atoms with Crippen LogP contribution in [0, 0.1) is 6.92 Å². The SMILES string of the molecule is Cc1c(C(O)C(O)CNC(=O)OCC2c3ccccc3-c3ccccc32)cccc1C(F)(F)F. The van der Waals surface area contributed by atoms with E-state index in [4.69, 9.17) is 4.74 Å². The molecule has 3 N–H and O–H groups in total. The molecule has 0 heterocycles. The van der Waals surface area contributed by atoms with Crippen molar-refractivity contribution in [3.8, 4) is 11.1 Å². The second-order valence-electron chi connectivity index (χ2n) is 8.24. The summed E-state index contributed by atoms with van der Waals surface area (Å²) in [6.07, 6.45) is -8.52. The summed E-state index contributed by atoms with van der Waals surface area (Å²) < 4.78 is 44.8. The maximum Gasteiger partial charge on any atom is 0.416 e. The topological polar surface area (TPSA) is 78.8 Å². The first kappa shape index (κ1) is 23.8. The summed E-state index contributed by atoms with van der Waals surface area (Å²) in [5.41, 5.74) is 3.14. The van der Waals surface area contributed by atoms with Gasteiger partial charge in [0.25, 0.3) is 0 Å². The van der Waals surface area contributed by atoms with Crippen LogP contribution >= 0.6 is 0 Å². The number of aliphatic hydroxyl groups is 2. The molecule has 1 amide bonds. The lowest BCUT2D eigenvalue weighted by molar-refractivity contribution is -0.138. The van der Waals surface area contributed by atoms with Crippen LogP contribution in [0.25, 0.3) is 11.1 Å². The Hall–Kier alpha value is -3.36. The van der Waals surface area contributed by atoms with Crippen molar-refractivity contribution >= 4 is 6.09 Å². The van der Waals surface area contributed by atoms with Crippen molar-refractivity contribution in [2.24, 2.45) is 0 Å². The first-order chi connectivity index (χ1) is 16.2. The summed E-state index contributed by atoms with van der Waals surface area (Å²) >= 11 is 0. The van der Waals surface area contributed by atoms with Crippen LogP contribution in [0.4, 0.5) is 18.0 Å². The number of alkyl carbamates (subject to hydrolysis) is 1. The van der Waals surface area contributed by atoms with Crippen LogP contribution < -0.4 is 5.32 Å². The average molecular weight is 471 g/mol. The fourth-order valence-electron chi connectivity index (χ4n) is 4.44. The van der Waals surface area contributed by atoms with Crippen molar-refractivity contribution in [1.82, 2.24) is 5.32 Å². The zero-order valence-electron chi connectivity index (χ0n) is 18.3. The number of hydrogen-bond donors (Lipinski definition) is 3. The smallest absolute Gasteiger partial charge is 0.416 e. The van der Waals surface area contributed by atoms with Crippen LogP contribution in [-0.4, -0.2) is 35.6 Å². The maximum absolute atomic E-state index is 13.1. The van der Waals surface area contributed by atoms with E-state index in [9.17, 15) is 28.2 Å². The van der Waals surface area contributed by atoms with E-state index >= 15 is 0 Å². The monoisotopic (exact) mass is 471 g/mol. The van der Waals surface area contributed by atoms with Gasteiger partial charge in [-0.3, -0.25) is 0 Å². The lowest BCUT2D eigenvalue weighted by Gasteiger charge is -2.22. The van der Waals surface area contributed by atoms with Crippen molar-refractivity contribution in [3.05, 3.63) is 94.5 Å². The second-order valence-corrected chi connectivity index (χ2v) is 8.24. The molecule has 0 spiro atoms. The number of carbonyl (C=O) groups is 1. The molecule has 1 aliphatic rings. The van der Waals surface area contributed by atoms with Crippen molar-refractivity contribution in [2.45, 2.75) is 31.2 Å². The van der Waals surface area contributed by atoms with Crippen LogP contribution in [0.15, 0.2) is 66.7 Å². The van der Waals surface area contributed by atoms with Crippen LogP contribution in [0.1, 0.15) is 39.8 Å². The predicted molar refractivity (Wildman–Crippen MR) is 120 cm³/mol. The summed E-state index contributed by atoms with van der Waals surface area (Å²) in [7, 11) is 0. The largest absolute Gasteiger partial charge is 0.449 e. The van der Waals surface area contributed by atoms with Crippen LogP contribution in [0.5, 0.6) is 0 Å². The third kappa shape index (κ3) is 4.64. The van der Waals surface area contributed by atoms with Gasteiger partial charge in [-0.1, -0.05) is 60.7 Å². The molecule has 2 unspecified atom stereocenters. The zero-order chi connectivity index (χ0) is 24.5. The summed E-state index contributed by atoms with van der Waals surface area (Å²) in [5.74, 6) is -0.138. The van der Waals surface area contributed by atoms with Gasteiger partial charge in [-0.25, -0.2) is 4.79 Å². The normalized spacial score (nSPS) is 14.8. The van der Waals surface area contributed by atoms with Gasteiger partial charge in [-0.15, -0.1) is 0 Å². The third-order valence-electron chi connectivity index (χ3n) is 6.16. The van der Waals surface area contributed by atoms with E-state index in [0.29, 0.717) is 0 Å². The molecule has 0 bridgehead atoms. The van der Waals surface area contributed by atoms with Crippen LogP contribution in [0.3, 0.4) is 0 Å². The highest BCUT2D eigenvalue weighted by Gasteiger charge is 2.34. The Morgan fingerprint density at radius 1 is 0.971 bits per heavy atom. The van der Waals surface area contributed by atoms with E-state index < -0.39 is 36.6 Å². The van der Waals surface area contributed by atoms with Gasteiger partial charge in [0.05, 0.1) is 5.56 Å². The van der Waals surface area contributed by atoms with Crippen LogP contribution in [-0.2, 0) is 10.9 Å². The highest BCUT2D eigenvalue weighted by Crippen LogP contribution is 2.44. The van der Waals surface area contributed by atoms with Gasteiger partial charge < -0.3 is 20.3 Å². The van der Waals surface area contributed by atoms with Gasteiger partial charge in [0.1, 0.15) is 18.8 Å². The summed E-state index contributed by atoms with van der Waals surface area (Å²) in [6, 6.07) is 19.1. The number of nitrogens with one attached hydrogen (secondary N) is 1. The van der Waals surface area contributed by atoms with Gasteiger partial charge in [-0.2, -0.15) is 13.2 Å². The molecule has 5 nitrogen and oxygen atoms in total. The molecule has 8 heteroatoms. The Labute approximate surface area is 194 Å². The fraction of sp³-hybridized carbons (Fsp3) is 0.269. The van der Waals surface area contributed by atoms with E-state index in [-0.39, 0.29) is 23.7 Å². The van der Waals surface area contributed by atoms with Crippen molar-refractivity contribution in [1.29, 1.82) is 0 Å². The average Bonchev–Trinajstić information content (AvgIpc) is 3.14. The molecular formula is C26H24F3NO4. The molecule has 3 aromatic carbocycles. The highest BCUT2D eigenvalue weighted by molar-refractivity contribution is 5.79. The molecule has 34 heavy (non-hydrogen) atoms. The van der Waals surface area contributed by atoms with E-state index in [1.54, 1.807) is 0 Å². The van der Waals surface area contributed by atoms with Gasteiger partial charge in [0, 0.05) is 12.5 Å². The molecule has 0 saturated carbocycles. The number of amides is 1. The Balaban J connectivity index is 1.36. The molecule has 0 aromatic heterocycles. The van der Waals surface area contributed by atoms with Gasteiger partial charge in [0.15, 0.2) is 0 Å². The lowest BCUT2D eigenvalue weighted by Crippen LogP contribution is -2.36. The standard InChI is InChI=1S/C26H24F3NO4/c1-15-16(11-6-12-22(15)26(27,28)29)24(32)23(31)13-30-25(33)34-14-21-19-9-4-2-7-17(19)18-8-3-5-10-20(18)21/h2-12,21,23-24,31-32H,13-14H2,1H3,(H,30,33). The summed E-state index contributed by atoms with van der Waals surface area (Å²) in [6.45, 7) is 0.909. The molecule has 0 saturated heterocycles. The predicted octanol–water partition coefficient (Wildman–Crippen LogP) is 4.95. The fourth-order valence-corrected chi connectivity index (χ4v) is 4.44. The summed E-state index contributed by atoms with van der Waals surface area (Å²) in [4.78, 5) is 12.3. The van der Waals surface area contributed by atoms with Gasteiger partial charge in [-0.05, 0) is 46.4 Å². The molecule has 178 valence electrons. The number of carbonyl (C=O) groups excluding carboxylic acids is 1. The number of halogens is 3. The zero-order valence-corrected chi connectivity index (χ0v) is 18.3. The Morgan fingerprint density at radius 2 is 1.56 bits per heavy atom. The maximum atomic E-state index is 13.1. The number of ether oxygens (including phenoxy) is 1. The second kappa shape index (κ2) is 9.48. The number of alkyl halides is 3. The minimum absolute atomic E-state index is 0.0586. The van der Waals surface area contributed by atoms with Crippen molar-refractivity contribution in [3.63, 3.8) is 0 Å². The molecule has 0 fully saturated rings. The van der Waals surface area contributed by atoms with Gasteiger partial charge >= 0.3 is 12.3 Å². The van der Waals surface area contributed by atoms with E-state index in [2.05, 4.69) is 5.32 Å². The Kier molecular flexibility index (Phi) is 6.63. The molecular weight excluding hydrogens is 447 g/mol. The number of fused-ring (bicyclic) bond motifs is 3. The van der Waals surface area contributed by atoms with E-state index in [1.807, 2.05) is 48.5 Å². The molecule has 2 atom stereocenters. The lowest BCUT2D eigenvalue weighted by atomic mass is 9.95. The van der Waals surface area contributed by atoms with Crippen molar-refractivity contribution in [2.75, 3.05) is 13.2 Å². The Bertz CT molecular complexity index is 1150. The van der Waals surface area contributed by atoms with E-state index in [0.717, 1.165) is 28.3 Å².